The molecule has 4 aromatic rings. The van der Waals surface area contributed by atoms with Gasteiger partial charge in [-0.25, -0.2) is 9.67 Å². The minimum absolute atomic E-state index is 0.119. The average Bonchev–Trinajstić information content (AvgIpc) is 3.31. The number of nitrogens with one attached hydrogen (secondary N) is 1. The van der Waals surface area contributed by atoms with Crippen molar-refractivity contribution in [1.29, 1.82) is 0 Å². The summed E-state index contributed by atoms with van der Waals surface area (Å²) in [6, 6.07) is 16.6. The summed E-state index contributed by atoms with van der Waals surface area (Å²) < 4.78 is 1.79. The number of benzene rings is 2. The number of imidazole rings is 1. The van der Waals surface area contributed by atoms with Crippen LogP contribution in [0.25, 0.3) is 17.0 Å². The van der Waals surface area contributed by atoms with Crippen molar-refractivity contribution >= 4 is 16.8 Å². The Bertz CT molecular complexity index is 1170. The highest BCUT2D eigenvalue weighted by Gasteiger charge is 2.31. The number of carbonyl (C=O) groups is 1. The van der Waals surface area contributed by atoms with Crippen molar-refractivity contribution < 1.29 is 4.79 Å². The van der Waals surface area contributed by atoms with Crippen molar-refractivity contribution in [1.82, 2.24) is 19.7 Å². The van der Waals surface area contributed by atoms with Gasteiger partial charge in [-0.2, -0.15) is 5.10 Å². The highest BCUT2D eigenvalue weighted by molar-refractivity contribution is 5.98. The minimum atomic E-state index is 0.119. The Kier molecular flexibility index (Phi) is 3.95. The van der Waals surface area contributed by atoms with E-state index >= 15 is 0 Å². The van der Waals surface area contributed by atoms with Crippen LogP contribution in [0.15, 0.2) is 54.7 Å². The highest BCUT2D eigenvalue weighted by atomic mass is 16.1. The standard InChI is InChI=1S/C24H24N4O/c1-24(2,3)17-10-8-15(9-11-17)16-12-21-18(22(29)13-16)14-25-28(21)23-26-19-6-4-5-7-20(19)27-23/h4-11,14,16H,12-13H2,1-3H3,(H,26,27)/t16-/m0/s1. The third-order valence-electron chi connectivity index (χ3n) is 5.87. The van der Waals surface area contributed by atoms with E-state index < -0.39 is 0 Å². The van der Waals surface area contributed by atoms with E-state index in [0.717, 1.165) is 23.1 Å². The molecule has 0 saturated carbocycles. The molecule has 1 atom stereocenters. The number of hydrogen-bond donors (Lipinski definition) is 1. The molecule has 146 valence electrons. The molecule has 0 radical (unpaired) electrons. The Morgan fingerprint density at radius 3 is 2.52 bits per heavy atom. The number of hydrogen-bond acceptors (Lipinski definition) is 3. The van der Waals surface area contributed by atoms with Crippen molar-refractivity contribution in [2.75, 3.05) is 0 Å². The molecule has 0 aliphatic heterocycles. The number of carbonyl (C=O) groups excluding carboxylic acids is 1. The van der Waals surface area contributed by atoms with Gasteiger partial charge in [0.05, 0.1) is 28.5 Å². The van der Waals surface area contributed by atoms with Crippen LogP contribution in [-0.4, -0.2) is 25.5 Å². The molecule has 5 rings (SSSR count). The van der Waals surface area contributed by atoms with Crippen LogP contribution in [0.2, 0.25) is 0 Å². The maximum atomic E-state index is 12.8. The number of rotatable bonds is 2. The summed E-state index contributed by atoms with van der Waals surface area (Å²) in [5.41, 5.74) is 6.13. The molecule has 1 aliphatic carbocycles. The second kappa shape index (κ2) is 6.41. The predicted octanol–water partition coefficient (Wildman–Crippen LogP) is 4.96. The number of Topliss-reactive ketones (excluding diaryl/α,β-unsaturated/α-hetero) is 1. The monoisotopic (exact) mass is 384 g/mol. The Labute approximate surface area is 169 Å². The molecule has 0 unspecified atom stereocenters. The first kappa shape index (κ1) is 17.9. The second-order valence-electron chi connectivity index (χ2n) is 8.89. The number of para-hydroxylation sites is 2. The first-order valence-corrected chi connectivity index (χ1v) is 10.1. The van der Waals surface area contributed by atoms with E-state index in [1.54, 1.807) is 10.9 Å². The fraction of sp³-hybridized carbons (Fsp3) is 0.292. The van der Waals surface area contributed by atoms with Crippen LogP contribution < -0.4 is 0 Å². The molecule has 0 bridgehead atoms. The van der Waals surface area contributed by atoms with E-state index in [0.29, 0.717) is 17.9 Å². The molecular weight excluding hydrogens is 360 g/mol. The van der Waals surface area contributed by atoms with Crippen LogP contribution in [0, 0.1) is 0 Å². The lowest BCUT2D eigenvalue weighted by molar-refractivity contribution is 0.0963. The van der Waals surface area contributed by atoms with E-state index in [1.165, 1.54) is 11.1 Å². The maximum Gasteiger partial charge on any atom is 0.229 e. The Balaban J connectivity index is 1.51. The van der Waals surface area contributed by atoms with Gasteiger partial charge in [-0.05, 0) is 41.0 Å². The lowest BCUT2D eigenvalue weighted by Crippen LogP contribution is -2.20. The molecule has 0 amide bonds. The average molecular weight is 384 g/mol. The second-order valence-corrected chi connectivity index (χ2v) is 8.89. The van der Waals surface area contributed by atoms with Gasteiger partial charge in [0.2, 0.25) is 5.95 Å². The first-order chi connectivity index (χ1) is 13.9. The van der Waals surface area contributed by atoms with Gasteiger partial charge in [0, 0.05) is 6.42 Å². The van der Waals surface area contributed by atoms with Crippen molar-refractivity contribution in [3.63, 3.8) is 0 Å². The number of fused-ring (bicyclic) bond motifs is 2. The number of nitrogens with zero attached hydrogens (tertiary/aromatic N) is 3. The Hall–Kier alpha value is -3.21. The van der Waals surface area contributed by atoms with Gasteiger partial charge in [-0.15, -0.1) is 0 Å². The molecule has 0 saturated heterocycles. The van der Waals surface area contributed by atoms with Crippen LogP contribution >= 0.6 is 0 Å². The zero-order valence-electron chi connectivity index (χ0n) is 16.9. The van der Waals surface area contributed by atoms with Gasteiger partial charge in [-0.3, -0.25) is 4.79 Å². The quantitative estimate of drug-likeness (QED) is 0.531. The molecule has 29 heavy (non-hydrogen) atoms. The summed E-state index contributed by atoms with van der Waals surface area (Å²) >= 11 is 0. The Morgan fingerprint density at radius 1 is 1.03 bits per heavy atom. The zero-order valence-corrected chi connectivity index (χ0v) is 16.9. The summed E-state index contributed by atoms with van der Waals surface area (Å²) in [6.07, 6.45) is 2.98. The summed E-state index contributed by atoms with van der Waals surface area (Å²) in [5, 5.41) is 4.49. The van der Waals surface area contributed by atoms with Crippen molar-refractivity contribution in [3.8, 4) is 5.95 Å². The summed E-state index contributed by atoms with van der Waals surface area (Å²) in [4.78, 5) is 20.8. The van der Waals surface area contributed by atoms with Crippen LogP contribution in [0.4, 0.5) is 0 Å². The van der Waals surface area contributed by atoms with Gasteiger partial charge in [0.25, 0.3) is 0 Å². The van der Waals surface area contributed by atoms with E-state index in [1.807, 2.05) is 24.3 Å². The zero-order chi connectivity index (χ0) is 20.2. The van der Waals surface area contributed by atoms with Gasteiger partial charge in [0.15, 0.2) is 5.78 Å². The smallest absolute Gasteiger partial charge is 0.229 e. The number of aromatic amines is 1. The van der Waals surface area contributed by atoms with Crippen LogP contribution in [0.1, 0.15) is 60.3 Å². The normalized spacial score (nSPS) is 16.9. The summed E-state index contributed by atoms with van der Waals surface area (Å²) in [5.74, 6) is 0.964. The molecule has 5 heteroatoms. The lowest BCUT2D eigenvalue weighted by Gasteiger charge is -2.24. The summed E-state index contributed by atoms with van der Waals surface area (Å²) in [6.45, 7) is 6.64. The van der Waals surface area contributed by atoms with Gasteiger partial charge < -0.3 is 4.98 Å². The topological polar surface area (TPSA) is 63.6 Å². The third kappa shape index (κ3) is 3.07. The predicted molar refractivity (Wildman–Crippen MR) is 114 cm³/mol. The summed E-state index contributed by atoms with van der Waals surface area (Å²) in [7, 11) is 0. The van der Waals surface area contributed by atoms with Gasteiger partial charge in [-0.1, -0.05) is 57.2 Å². The van der Waals surface area contributed by atoms with Gasteiger partial charge in [0.1, 0.15) is 0 Å². The molecule has 1 aliphatic rings. The number of H-pyrrole nitrogens is 1. The first-order valence-electron chi connectivity index (χ1n) is 10.1. The van der Waals surface area contributed by atoms with Crippen molar-refractivity contribution in [2.45, 2.75) is 44.9 Å². The van der Waals surface area contributed by atoms with E-state index in [-0.39, 0.29) is 17.1 Å². The van der Waals surface area contributed by atoms with Crippen molar-refractivity contribution in [2.24, 2.45) is 0 Å². The maximum absolute atomic E-state index is 12.8. The fourth-order valence-electron chi connectivity index (χ4n) is 4.16. The van der Waals surface area contributed by atoms with E-state index in [4.69, 9.17) is 0 Å². The fourth-order valence-corrected chi connectivity index (χ4v) is 4.16. The van der Waals surface area contributed by atoms with E-state index in [2.05, 4.69) is 60.1 Å². The van der Waals surface area contributed by atoms with Crippen molar-refractivity contribution in [3.05, 3.63) is 77.1 Å². The van der Waals surface area contributed by atoms with Crippen LogP contribution in [-0.2, 0) is 11.8 Å². The molecule has 0 spiro atoms. The van der Waals surface area contributed by atoms with Gasteiger partial charge >= 0.3 is 0 Å². The number of aromatic nitrogens is 4. The van der Waals surface area contributed by atoms with Crippen LogP contribution in [0.5, 0.6) is 0 Å². The molecule has 2 aromatic heterocycles. The number of ketones is 1. The van der Waals surface area contributed by atoms with Crippen LogP contribution in [0.3, 0.4) is 0 Å². The third-order valence-corrected chi connectivity index (χ3v) is 5.87. The van der Waals surface area contributed by atoms with E-state index in [9.17, 15) is 4.79 Å². The highest BCUT2D eigenvalue weighted by Crippen LogP contribution is 2.34. The molecule has 2 aromatic carbocycles. The minimum Gasteiger partial charge on any atom is -0.322 e. The SMILES string of the molecule is CC(C)(C)c1ccc([C@@H]2CC(=O)c3cnn(-c4nc5ccccc5[nH]4)c3C2)cc1. The largest absolute Gasteiger partial charge is 0.322 e. The molecule has 1 N–H and O–H groups in total. The molecule has 2 heterocycles. The lowest BCUT2D eigenvalue weighted by atomic mass is 9.80. The molecular formula is C24H24N4O. The molecule has 5 nitrogen and oxygen atoms in total. The molecule has 0 fully saturated rings. The Morgan fingerprint density at radius 2 is 1.79 bits per heavy atom.